The minimum absolute atomic E-state index is 0.411. The van der Waals surface area contributed by atoms with Gasteiger partial charge in [-0.05, 0) is 6.07 Å². The average molecular weight is 210 g/mol. The van der Waals surface area contributed by atoms with E-state index in [-0.39, 0.29) is 0 Å². The summed E-state index contributed by atoms with van der Waals surface area (Å²) in [4.78, 5) is 12.2. The zero-order valence-electron chi connectivity index (χ0n) is 7.48. The molecule has 0 aliphatic heterocycles. The van der Waals surface area contributed by atoms with Crippen LogP contribution in [-0.2, 0) is 7.05 Å². The summed E-state index contributed by atoms with van der Waals surface area (Å²) >= 11 is 5.83. The molecule has 0 saturated heterocycles. The van der Waals surface area contributed by atoms with Crippen LogP contribution in [-0.4, -0.2) is 19.5 Å². The van der Waals surface area contributed by atoms with Crippen molar-refractivity contribution in [1.82, 2.24) is 19.5 Å². The molecule has 2 N–H and O–H groups in total. The Morgan fingerprint density at radius 2 is 2.21 bits per heavy atom. The van der Waals surface area contributed by atoms with Crippen molar-refractivity contribution < 1.29 is 0 Å². The summed E-state index contributed by atoms with van der Waals surface area (Å²) in [5.41, 5.74) is 5.53. The lowest BCUT2D eigenvalue weighted by atomic mass is 10.5. The van der Waals surface area contributed by atoms with Gasteiger partial charge in [0.2, 0.25) is 0 Å². The number of anilines is 1. The highest BCUT2D eigenvalue weighted by molar-refractivity contribution is 6.29. The fourth-order valence-electron chi connectivity index (χ4n) is 1.08. The monoisotopic (exact) mass is 209 g/mol. The molecule has 0 amide bonds. The first-order valence-electron chi connectivity index (χ1n) is 3.94. The quantitative estimate of drug-likeness (QED) is 0.764. The molecule has 0 aromatic carbocycles. The normalized spacial score (nSPS) is 10.4. The summed E-state index contributed by atoms with van der Waals surface area (Å²) < 4.78 is 1.69. The molecule has 14 heavy (non-hydrogen) atoms. The topological polar surface area (TPSA) is 69.6 Å². The van der Waals surface area contributed by atoms with E-state index in [1.807, 2.05) is 0 Å². The maximum Gasteiger partial charge on any atom is 0.197 e. The van der Waals surface area contributed by atoms with Gasteiger partial charge < -0.3 is 10.3 Å². The Labute approximate surface area is 85.6 Å². The molecular weight excluding hydrogens is 202 g/mol. The Bertz CT molecular complexity index is 465. The van der Waals surface area contributed by atoms with Crippen molar-refractivity contribution in [2.75, 3.05) is 5.73 Å². The van der Waals surface area contributed by atoms with E-state index in [1.165, 1.54) is 0 Å². The van der Waals surface area contributed by atoms with Gasteiger partial charge in [0.15, 0.2) is 11.6 Å². The van der Waals surface area contributed by atoms with Gasteiger partial charge in [-0.15, -0.1) is 0 Å². The Morgan fingerprint density at radius 3 is 2.79 bits per heavy atom. The lowest BCUT2D eigenvalue weighted by Crippen LogP contribution is -1.99. The number of rotatable bonds is 1. The molecule has 6 heteroatoms. The minimum Gasteiger partial charge on any atom is -0.384 e. The number of nitrogens with two attached hydrogens (primary N) is 1. The molecule has 72 valence electrons. The van der Waals surface area contributed by atoms with Crippen LogP contribution in [0.4, 0.5) is 5.82 Å². The summed E-state index contributed by atoms with van der Waals surface area (Å²) in [6.07, 6.45) is 3.13. The molecule has 0 spiro atoms. The zero-order valence-corrected chi connectivity index (χ0v) is 8.23. The van der Waals surface area contributed by atoms with E-state index < -0.39 is 0 Å². The van der Waals surface area contributed by atoms with E-state index in [2.05, 4.69) is 15.0 Å². The fourth-order valence-corrected chi connectivity index (χ4v) is 1.21. The standard InChI is InChI=1S/C8H8ClN5/c1-14-5(9)4-12-8(14)7-11-3-2-6(10)13-7/h2-4H,1H3,(H2,10,11,13). The molecule has 0 atom stereocenters. The van der Waals surface area contributed by atoms with Crippen molar-refractivity contribution in [3.63, 3.8) is 0 Å². The van der Waals surface area contributed by atoms with Gasteiger partial charge in [-0.2, -0.15) is 0 Å². The van der Waals surface area contributed by atoms with Crippen molar-refractivity contribution >= 4 is 17.4 Å². The van der Waals surface area contributed by atoms with Crippen LogP contribution in [0.25, 0.3) is 11.6 Å². The second-order valence-corrected chi connectivity index (χ2v) is 3.16. The van der Waals surface area contributed by atoms with Crippen LogP contribution in [0.3, 0.4) is 0 Å². The number of imidazole rings is 1. The summed E-state index contributed by atoms with van der Waals surface area (Å²) in [6.45, 7) is 0. The molecule has 0 fully saturated rings. The first-order chi connectivity index (χ1) is 6.68. The van der Waals surface area contributed by atoms with Crippen LogP contribution >= 0.6 is 11.6 Å². The molecule has 0 aliphatic rings. The third-order valence-electron chi connectivity index (χ3n) is 1.81. The van der Waals surface area contributed by atoms with Crippen molar-refractivity contribution in [2.24, 2.45) is 7.05 Å². The molecule has 2 rings (SSSR count). The lowest BCUT2D eigenvalue weighted by molar-refractivity contribution is 0.908. The average Bonchev–Trinajstić information content (AvgIpc) is 2.48. The van der Waals surface area contributed by atoms with Crippen molar-refractivity contribution in [3.05, 3.63) is 23.6 Å². The van der Waals surface area contributed by atoms with Crippen LogP contribution in [0.15, 0.2) is 18.5 Å². The van der Waals surface area contributed by atoms with Crippen LogP contribution in [0.5, 0.6) is 0 Å². The third-order valence-corrected chi connectivity index (χ3v) is 2.16. The van der Waals surface area contributed by atoms with Gasteiger partial charge in [0.25, 0.3) is 0 Å². The van der Waals surface area contributed by atoms with Crippen LogP contribution in [0, 0.1) is 0 Å². The molecule has 0 unspecified atom stereocenters. The predicted molar refractivity (Wildman–Crippen MR) is 53.7 cm³/mol. The SMILES string of the molecule is Cn1c(Cl)cnc1-c1nccc(N)n1. The van der Waals surface area contributed by atoms with E-state index in [0.717, 1.165) is 0 Å². The van der Waals surface area contributed by atoms with Crippen LogP contribution < -0.4 is 5.73 Å². The number of aromatic nitrogens is 4. The maximum absolute atomic E-state index is 5.83. The molecule has 0 bridgehead atoms. The smallest absolute Gasteiger partial charge is 0.197 e. The number of hydrogen-bond acceptors (Lipinski definition) is 4. The van der Waals surface area contributed by atoms with E-state index in [9.17, 15) is 0 Å². The van der Waals surface area contributed by atoms with E-state index in [4.69, 9.17) is 17.3 Å². The number of nitrogen functional groups attached to an aromatic ring is 1. The number of hydrogen-bond donors (Lipinski definition) is 1. The Balaban J connectivity index is 2.55. The lowest BCUT2D eigenvalue weighted by Gasteiger charge is -2.00. The zero-order chi connectivity index (χ0) is 10.1. The highest BCUT2D eigenvalue weighted by atomic mass is 35.5. The first kappa shape index (κ1) is 8.96. The van der Waals surface area contributed by atoms with Crippen molar-refractivity contribution in [2.45, 2.75) is 0 Å². The number of nitrogens with zero attached hydrogens (tertiary/aromatic N) is 4. The highest BCUT2D eigenvalue weighted by Crippen LogP contribution is 2.17. The molecular formula is C8H8ClN5. The third kappa shape index (κ3) is 1.42. The van der Waals surface area contributed by atoms with E-state index >= 15 is 0 Å². The van der Waals surface area contributed by atoms with Crippen LogP contribution in [0.1, 0.15) is 0 Å². The van der Waals surface area contributed by atoms with E-state index in [1.54, 1.807) is 30.1 Å². The van der Waals surface area contributed by atoms with Crippen molar-refractivity contribution in [1.29, 1.82) is 0 Å². The molecule has 0 radical (unpaired) electrons. The fraction of sp³-hybridized carbons (Fsp3) is 0.125. The molecule has 2 aromatic rings. The van der Waals surface area contributed by atoms with Gasteiger partial charge in [-0.3, -0.25) is 0 Å². The summed E-state index contributed by atoms with van der Waals surface area (Å²) in [7, 11) is 1.79. The maximum atomic E-state index is 5.83. The summed E-state index contributed by atoms with van der Waals surface area (Å²) in [6, 6.07) is 1.62. The minimum atomic E-state index is 0.411. The van der Waals surface area contributed by atoms with Crippen LogP contribution in [0.2, 0.25) is 5.15 Å². The van der Waals surface area contributed by atoms with Gasteiger partial charge in [0, 0.05) is 13.2 Å². The molecule has 0 saturated carbocycles. The Kier molecular flexibility index (Phi) is 2.09. The van der Waals surface area contributed by atoms with Gasteiger partial charge in [-0.25, -0.2) is 15.0 Å². The van der Waals surface area contributed by atoms with E-state index in [0.29, 0.717) is 22.6 Å². The second-order valence-electron chi connectivity index (χ2n) is 2.77. The van der Waals surface area contributed by atoms with Crippen molar-refractivity contribution in [3.8, 4) is 11.6 Å². The largest absolute Gasteiger partial charge is 0.384 e. The predicted octanol–water partition coefficient (Wildman–Crippen LogP) is 1.11. The second kappa shape index (κ2) is 3.26. The molecule has 0 aliphatic carbocycles. The van der Waals surface area contributed by atoms with Gasteiger partial charge in [-0.1, -0.05) is 11.6 Å². The van der Waals surface area contributed by atoms with Gasteiger partial charge in [0.05, 0.1) is 6.20 Å². The summed E-state index contributed by atoms with van der Waals surface area (Å²) in [5, 5.41) is 0.533. The number of halogens is 1. The Morgan fingerprint density at radius 1 is 1.43 bits per heavy atom. The van der Waals surface area contributed by atoms with Gasteiger partial charge >= 0.3 is 0 Å². The molecule has 2 aromatic heterocycles. The first-order valence-corrected chi connectivity index (χ1v) is 4.32. The molecule has 5 nitrogen and oxygen atoms in total. The molecule has 2 heterocycles. The Hall–Kier alpha value is -1.62. The van der Waals surface area contributed by atoms with Gasteiger partial charge in [0.1, 0.15) is 11.0 Å². The summed E-state index contributed by atoms with van der Waals surface area (Å²) in [5.74, 6) is 1.48. The highest BCUT2D eigenvalue weighted by Gasteiger charge is 2.09.